The first-order valence-corrected chi connectivity index (χ1v) is 14.0. The van der Waals surface area contributed by atoms with Crippen LogP contribution in [0.4, 0.5) is 4.39 Å². The van der Waals surface area contributed by atoms with E-state index in [1.54, 1.807) is 34.6 Å². The maximum absolute atomic E-state index is 13.6. The van der Waals surface area contributed by atoms with Crippen LogP contribution in [0.5, 0.6) is 0 Å². The van der Waals surface area contributed by atoms with Gasteiger partial charge in [0, 0.05) is 47.3 Å². The molecule has 1 amide bonds. The Morgan fingerprint density at radius 1 is 1.02 bits per heavy atom. The molecule has 6 rings (SSSR count). The Morgan fingerprint density at radius 3 is 2.62 bits per heavy atom. The molecule has 2 unspecified atom stereocenters. The Hall–Kier alpha value is -4.11. The van der Waals surface area contributed by atoms with E-state index in [1.807, 2.05) is 60.5 Å². The molecule has 0 aliphatic carbocycles. The van der Waals surface area contributed by atoms with Crippen molar-refractivity contribution in [3.05, 3.63) is 112 Å². The highest BCUT2D eigenvalue weighted by Gasteiger charge is 2.33. The second-order valence-electron chi connectivity index (χ2n) is 10.3. The maximum Gasteiger partial charge on any atom is 0.270 e. The fraction of sp³-hybridized carbons (Fsp3) is 0.226. The lowest BCUT2D eigenvalue weighted by molar-refractivity contribution is 0.0604. The van der Waals surface area contributed by atoms with Gasteiger partial charge in [-0.2, -0.15) is 0 Å². The molecule has 7 nitrogen and oxygen atoms in total. The van der Waals surface area contributed by atoms with Gasteiger partial charge in [0.25, 0.3) is 5.91 Å². The molecule has 0 N–H and O–H groups in total. The minimum Gasteiger partial charge on any atom is -0.346 e. The van der Waals surface area contributed by atoms with E-state index in [2.05, 4.69) is 26.2 Å². The lowest BCUT2D eigenvalue weighted by Crippen LogP contribution is -2.44. The lowest BCUT2D eigenvalue weighted by atomic mass is 9.89. The average molecular weight is 600 g/mol. The van der Waals surface area contributed by atoms with Gasteiger partial charge in [0.1, 0.15) is 11.5 Å². The van der Waals surface area contributed by atoms with Gasteiger partial charge in [-0.1, -0.05) is 47.7 Å². The molecule has 3 aromatic carbocycles. The zero-order valence-corrected chi connectivity index (χ0v) is 23.7. The van der Waals surface area contributed by atoms with Gasteiger partial charge in [-0.3, -0.25) is 9.59 Å². The third kappa shape index (κ3) is 4.75. The minimum absolute atomic E-state index is 0.0268. The van der Waals surface area contributed by atoms with Crippen molar-refractivity contribution in [2.45, 2.75) is 31.7 Å². The number of carbonyl (C=O) groups excluding carboxylic acids is 2. The fourth-order valence-electron chi connectivity index (χ4n) is 5.62. The quantitative estimate of drug-likeness (QED) is 0.222. The molecule has 5 aromatic rings. The van der Waals surface area contributed by atoms with Crippen LogP contribution in [0.25, 0.3) is 16.5 Å². The SMILES string of the molecule is CC1CC(c2cn(-c3ccc(F)cc3Br)nn2)CCN1C(=O)c1cc(C(=O)c2cccc3ccccc23)cn1C. The van der Waals surface area contributed by atoms with Crippen LogP contribution in [0.3, 0.4) is 0 Å². The Labute approximate surface area is 239 Å². The van der Waals surface area contributed by atoms with Crippen LogP contribution in [0.1, 0.15) is 57.8 Å². The average Bonchev–Trinajstić information content (AvgIpc) is 3.59. The lowest BCUT2D eigenvalue weighted by Gasteiger charge is -2.37. The van der Waals surface area contributed by atoms with Crippen molar-refractivity contribution in [3.63, 3.8) is 0 Å². The molecule has 0 saturated carbocycles. The van der Waals surface area contributed by atoms with Crippen LogP contribution in [-0.4, -0.2) is 48.7 Å². The second-order valence-corrected chi connectivity index (χ2v) is 11.2. The normalized spacial score (nSPS) is 17.4. The van der Waals surface area contributed by atoms with Crippen molar-refractivity contribution in [3.8, 4) is 5.69 Å². The number of fused-ring (bicyclic) bond motifs is 1. The van der Waals surface area contributed by atoms with Gasteiger partial charge >= 0.3 is 0 Å². The molecule has 3 heterocycles. The molecule has 1 fully saturated rings. The number of piperidine rings is 1. The van der Waals surface area contributed by atoms with Gasteiger partial charge in [0.05, 0.1) is 17.6 Å². The number of ketones is 1. The van der Waals surface area contributed by atoms with Crippen molar-refractivity contribution in [1.29, 1.82) is 0 Å². The topological polar surface area (TPSA) is 73.0 Å². The second kappa shape index (κ2) is 10.5. The Bertz CT molecular complexity index is 1750. The van der Waals surface area contributed by atoms with Crippen LogP contribution in [0, 0.1) is 5.82 Å². The smallest absolute Gasteiger partial charge is 0.270 e. The number of amides is 1. The van der Waals surface area contributed by atoms with Gasteiger partial charge in [0.2, 0.25) is 0 Å². The summed E-state index contributed by atoms with van der Waals surface area (Å²) in [6.45, 7) is 2.60. The number of benzene rings is 3. The van der Waals surface area contributed by atoms with Crippen molar-refractivity contribution < 1.29 is 14.0 Å². The molecule has 1 aliphatic rings. The summed E-state index contributed by atoms with van der Waals surface area (Å²) < 4.78 is 17.5. The van der Waals surface area contributed by atoms with Gasteiger partial charge in [-0.05, 0) is 70.7 Å². The molecule has 40 heavy (non-hydrogen) atoms. The van der Waals surface area contributed by atoms with Crippen LogP contribution in [-0.2, 0) is 7.05 Å². The zero-order chi connectivity index (χ0) is 28.0. The van der Waals surface area contributed by atoms with Crippen LogP contribution >= 0.6 is 15.9 Å². The number of hydrogen-bond acceptors (Lipinski definition) is 4. The van der Waals surface area contributed by atoms with E-state index in [-0.39, 0.29) is 29.5 Å². The monoisotopic (exact) mass is 599 g/mol. The third-order valence-electron chi connectivity index (χ3n) is 7.74. The number of halogens is 2. The maximum atomic E-state index is 13.6. The van der Waals surface area contributed by atoms with E-state index in [4.69, 9.17) is 0 Å². The molecule has 0 spiro atoms. The highest BCUT2D eigenvalue weighted by molar-refractivity contribution is 9.10. The first-order valence-electron chi connectivity index (χ1n) is 13.2. The summed E-state index contributed by atoms with van der Waals surface area (Å²) in [5.74, 6) is -0.382. The van der Waals surface area contributed by atoms with E-state index < -0.39 is 0 Å². The molecular weight excluding hydrogens is 573 g/mol. The molecule has 2 aromatic heterocycles. The molecule has 0 radical (unpaired) electrons. The van der Waals surface area contributed by atoms with Gasteiger partial charge in [-0.25, -0.2) is 9.07 Å². The number of carbonyl (C=O) groups is 2. The summed E-state index contributed by atoms with van der Waals surface area (Å²) in [6.07, 6.45) is 5.09. The molecule has 1 aliphatic heterocycles. The predicted octanol–water partition coefficient (Wildman–Crippen LogP) is 6.30. The van der Waals surface area contributed by atoms with Gasteiger partial charge in [0.15, 0.2) is 5.78 Å². The summed E-state index contributed by atoms with van der Waals surface area (Å²) in [5.41, 5.74) is 3.15. The van der Waals surface area contributed by atoms with E-state index in [0.29, 0.717) is 33.5 Å². The predicted molar refractivity (Wildman–Crippen MR) is 154 cm³/mol. The first-order chi connectivity index (χ1) is 19.3. The van der Waals surface area contributed by atoms with Crippen molar-refractivity contribution in [2.24, 2.45) is 7.05 Å². The van der Waals surface area contributed by atoms with Gasteiger partial charge < -0.3 is 9.47 Å². The molecule has 9 heteroatoms. The highest BCUT2D eigenvalue weighted by atomic mass is 79.9. The molecular formula is C31H27BrFN5O2. The first kappa shape index (κ1) is 26.1. The van der Waals surface area contributed by atoms with Crippen LogP contribution in [0.15, 0.2) is 83.6 Å². The van der Waals surface area contributed by atoms with Crippen LogP contribution < -0.4 is 0 Å². The summed E-state index contributed by atoms with van der Waals surface area (Å²) in [4.78, 5) is 29.0. The van der Waals surface area contributed by atoms with Crippen molar-refractivity contribution >= 4 is 38.4 Å². The molecule has 1 saturated heterocycles. The number of hydrogen-bond donors (Lipinski definition) is 0. The fourth-order valence-corrected chi connectivity index (χ4v) is 6.15. The van der Waals surface area contributed by atoms with E-state index in [0.717, 1.165) is 29.3 Å². The van der Waals surface area contributed by atoms with Gasteiger partial charge in [-0.15, -0.1) is 5.10 Å². The Morgan fingerprint density at radius 2 is 1.82 bits per heavy atom. The van der Waals surface area contributed by atoms with E-state index >= 15 is 0 Å². The van der Waals surface area contributed by atoms with Crippen molar-refractivity contribution in [2.75, 3.05) is 6.54 Å². The zero-order valence-electron chi connectivity index (χ0n) is 22.1. The van der Waals surface area contributed by atoms with E-state index in [1.165, 1.54) is 12.1 Å². The number of rotatable bonds is 5. The number of likely N-dealkylation sites (tertiary alicyclic amines) is 1. The number of aryl methyl sites for hydroxylation is 1. The Kier molecular flexibility index (Phi) is 6.83. The van der Waals surface area contributed by atoms with Crippen molar-refractivity contribution in [1.82, 2.24) is 24.5 Å². The standard InChI is InChI=1S/C31H27BrFN5O2/c1-19-14-21(27-18-38(35-34-27)28-11-10-23(33)16-26(28)32)12-13-37(19)31(40)29-15-22(17-36(29)2)30(39)25-9-5-7-20-6-3-4-8-24(20)25/h3-11,15-19,21H,12-14H2,1-2H3. The summed E-state index contributed by atoms with van der Waals surface area (Å²) in [5, 5.41) is 10.5. The largest absolute Gasteiger partial charge is 0.346 e. The molecule has 0 bridgehead atoms. The summed E-state index contributed by atoms with van der Waals surface area (Å²) >= 11 is 3.39. The number of aromatic nitrogens is 4. The Balaban J connectivity index is 1.18. The highest BCUT2D eigenvalue weighted by Crippen LogP contribution is 2.32. The minimum atomic E-state index is -0.329. The third-order valence-corrected chi connectivity index (χ3v) is 8.38. The van der Waals surface area contributed by atoms with Crippen LogP contribution in [0.2, 0.25) is 0 Å². The molecule has 2 atom stereocenters. The van der Waals surface area contributed by atoms with E-state index in [9.17, 15) is 14.0 Å². The molecule has 202 valence electrons. The summed E-state index contributed by atoms with van der Waals surface area (Å²) in [6, 6.07) is 19.6. The summed E-state index contributed by atoms with van der Waals surface area (Å²) in [7, 11) is 1.80. The number of nitrogens with zero attached hydrogens (tertiary/aromatic N) is 5.